The Labute approximate surface area is 70.4 Å². The number of halogens is 1. The van der Waals surface area contributed by atoms with Crippen LogP contribution < -0.4 is 0 Å². The van der Waals surface area contributed by atoms with Gasteiger partial charge in [0.15, 0.2) is 0 Å². The molecule has 0 aromatic heterocycles. The molecule has 0 N–H and O–H groups in total. The van der Waals surface area contributed by atoms with Gasteiger partial charge in [0, 0.05) is 5.33 Å². The van der Waals surface area contributed by atoms with E-state index in [9.17, 15) is 0 Å². The zero-order valence-corrected chi connectivity index (χ0v) is 7.56. The molecular formula is C9H10Br. The molecule has 0 heterocycles. The van der Waals surface area contributed by atoms with E-state index in [2.05, 4.69) is 47.1 Å². The Morgan fingerprint density at radius 2 is 1.90 bits per heavy atom. The van der Waals surface area contributed by atoms with Gasteiger partial charge in [-0.1, -0.05) is 45.8 Å². The van der Waals surface area contributed by atoms with Crippen LogP contribution in [0.15, 0.2) is 24.3 Å². The summed E-state index contributed by atoms with van der Waals surface area (Å²) in [4.78, 5) is 0. The first kappa shape index (κ1) is 7.80. The predicted molar refractivity (Wildman–Crippen MR) is 48.1 cm³/mol. The van der Waals surface area contributed by atoms with Gasteiger partial charge >= 0.3 is 0 Å². The molecule has 0 unspecified atom stereocenters. The Morgan fingerprint density at radius 3 is 2.40 bits per heavy atom. The molecule has 0 atom stereocenters. The molecule has 0 amide bonds. The Balaban J connectivity index is 2.69. The van der Waals surface area contributed by atoms with Gasteiger partial charge in [-0.15, -0.1) is 0 Å². The van der Waals surface area contributed by atoms with Gasteiger partial charge < -0.3 is 0 Å². The highest BCUT2D eigenvalue weighted by Gasteiger charge is 1.88. The van der Waals surface area contributed by atoms with Gasteiger partial charge in [0.05, 0.1) is 0 Å². The van der Waals surface area contributed by atoms with E-state index in [1.165, 1.54) is 11.1 Å². The topological polar surface area (TPSA) is 0 Å². The van der Waals surface area contributed by atoms with Crippen molar-refractivity contribution in [3.05, 3.63) is 40.7 Å². The highest BCUT2D eigenvalue weighted by atomic mass is 79.9. The van der Waals surface area contributed by atoms with Crippen LogP contribution in [0.25, 0.3) is 0 Å². The van der Waals surface area contributed by atoms with Crippen LogP contribution in [0, 0.1) is 12.3 Å². The lowest BCUT2D eigenvalue weighted by Crippen LogP contribution is -1.80. The maximum Gasteiger partial charge on any atom is 0.0314 e. The number of benzene rings is 1. The minimum atomic E-state index is 1.00. The first-order valence-electron chi connectivity index (χ1n) is 3.30. The highest BCUT2D eigenvalue weighted by molar-refractivity contribution is 9.10. The minimum Gasteiger partial charge on any atom is -0.0875 e. The van der Waals surface area contributed by atoms with Crippen molar-refractivity contribution >= 4 is 15.9 Å². The van der Waals surface area contributed by atoms with E-state index in [0.29, 0.717) is 0 Å². The third-order valence-electron chi connectivity index (χ3n) is 1.43. The molecule has 0 fully saturated rings. The summed E-state index contributed by atoms with van der Waals surface area (Å²) in [5.74, 6) is 0. The van der Waals surface area contributed by atoms with Crippen LogP contribution in [0.2, 0.25) is 0 Å². The summed E-state index contributed by atoms with van der Waals surface area (Å²) >= 11 is 3.28. The molecule has 0 nitrogen and oxygen atoms in total. The molecule has 1 aromatic carbocycles. The predicted octanol–water partition coefficient (Wildman–Crippen LogP) is 3.09. The Morgan fingerprint density at radius 1 is 1.30 bits per heavy atom. The zero-order valence-electron chi connectivity index (χ0n) is 5.97. The van der Waals surface area contributed by atoms with Crippen molar-refractivity contribution in [1.29, 1.82) is 0 Å². The van der Waals surface area contributed by atoms with E-state index in [-0.39, 0.29) is 0 Å². The zero-order chi connectivity index (χ0) is 7.40. The van der Waals surface area contributed by atoms with Gasteiger partial charge in [0.2, 0.25) is 0 Å². The van der Waals surface area contributed by atoms with E-state index < -0.39 is 0 Å². The van der Waals surface area contributed by atoms with Crippen molar-refractivity contribution < 1.29 is 0 Å². The Hall–Kier alpha value is -0.300. The summed E-state index contributed by atoms with van der Waals surface area (Å²) in [5, 5.41) is 1.98. The molecule has 0 aliphatic rings. The van der Waals surface area contributed by atoms with E-state index in [4.69, 9.17) is 0 Å². The maximum absolute atomic E-state index is 3.28. The summed E-state index contributed by atoms with van der Waals surface area (Å²) in [5.41, 5.74) is 2.67. The quantitative estimate of drug-likeness (QED) is 0.684. The SMILES string of the molecule is Cc1ccc(C[CH]Br)cc1. The second kappa shape index (κ2) is 3.77. The second-order valence-electron chi connectivity index (χ2n) is 2.34. The molecule has 10 heavy (non-hydrogen) atoms. The summed E-state index contributed by atoms with van der Waals surface area (Å²) in [6.07, 6.45) is 1.00. The largest absolute Gasteiger partial charge is 0.0875 e. The molecule has 0 saturated heterocycles. The minimum absolute atomic E-state index is 1.00. The molecule has 0 bridgehead atoms. The fraction of sp³-hybridized carbons (Fsp3) is 0.222. The molecule has 53 valence electrons. The average Bonchev–Trinajstić information content (AvgIpc) is 1.95. The van der Waals surface area contributed by atoms with Crippen LogP contribution in [-0.2, 0) is 6.42 Å². The molecule has 0 aliphatic carbocycles. The van der Waals surface area contributed by atoms with Crippen molar-refractivity contribution in [2.45, 2.75) is 13.3 Å². The van der Waals surface area contributed by atoms with Gasteiger partial charge in [-0.05, 0) is 18.9 Å². The Kier molecular flexibility index (Phi) is 2.94. The number of rotatable bonds is 2. The van der Waals surface area contributed by atoms with Crippen molar-refractivity contribution in [2.24, 2.45) is 0 Å². The highest BCUT2D eigenvalue weighted by Crippen LogP contribution is 2.06. The standard InChI is InChI=1S/C9H10Br/c1-8-2-4-9(5-3-8)6-7-10/h2-5,7H,6H2,1H3. The first-order chi connectivity index (χ1) is 4.83. The smallest absolute Gasteiger partial charge is 0.0314 e. The van der Waals surface area contributed by atoms with E-state index in [1.807, 2.05) is 5.33 Å². The summed E-state index contributed by atoms with van der Waals surface area (Å²) in [6, 6.07) is 8.55. The lowest BCUT2D eigenvalue weighted by molar-refractivity contribution is 1.24. The van der Waals surface area contributed by atoms with Gasteiger partial charge in [-0.25, -0.2) is 0 Å². The lowest BCUT2D eigenvalue weighted by Gasteiger charge is -1.96. The molecule has 1 aromatic rings. The number of hydrogen-bond acceptors (Lipinski definition) is 0. The summed E-state index contributed by atoms with van der Waals surface area (Å²) in [6.45, 7) is 2.10. The fourth-order valence-electron chi connectivity index (χ4n) is 0.813. The van der Waals surface area contributed by atoms with E-state index >= 15 is 0 Å². The van der Waals surface area contributed by atoms with Crippen molar-refractivity contribution in [3.63, 3.8) is 0 Å². The molecule has 0 aliphatic heterocycles. The van der Waals surface area contributed by atoms with Crippen LogP contribution >= 0.6 is 15.9 Å². The van der Waals surface area contributed by atoms with E-state index in [0.717, 1.165) is 6.42 Å². The number of hydrogen-bond donors (Lipinski definition) is 0. The van der Waals surface area contributed by atoms with Crippen molar-refractivity contribution in [3.8, 4) is 0 Å². The lowest BCUT2D eigenvalue weighted by atomic mass is 10.1. The van der Waals surface area contributed by atoms with Gasteiger partial charge in [-0.2, -0.15) is 0 Å². The molecule has 1 rings (SSSR count). The van der Waals surface area contributed by atoms with Gasteiger partial charge in [0.1, 0.15) is 0 Å². The van der Waals surface area contributed by atoms with E-state index in [1.54, 1.807) is 0 Å². The van der Waals surface area contributed by atoms with Crippen LogP contribution in [0.4, 0.5) is 0 Å². The average molecular weight is 198 g/mol. The van der Waals surface area contributed by atoms with Crippen LogP contribution in [0.3, 0.4) is 0 Å². The van der Waals surface area contributed by atoms with Crippen molar-refractivity contribution in [2.75, 3.05) is 0 Å². The third-order valence-corrected chi connectivity index (χ3v) is 1.76. The monoisotopic (exact) mass is 197 g/mol. The number of aryl methyl sites for hydroxylation is 1. The molecule has 0 spiro atoms. The first-order valence-corrected chi connectivity index (χ1v) is 4.22. The summed E-state index contributed by atoms with van der Waals surface area (Å²) in [7, 11) is 0. The van der Waals surface area contributed by atoms with Gasteiger partial charge in [0.25, 0.3) is 0 Å². The molecule has 0 saturated carbocycles. The van der Waals surface area contributed by atoms with Crippen LogP contribution in [0.5, 0.6) is 0 Å². The van der Waals surface area contributed by atoms with Crippen LogP contribution in [0.1, 0.15) is 11.1 Å². The van der Waals surface area contributed by atoms with Crippen molar-refractivity contribution in [1.82, 2.24) is 0 Å². The van der Waals surface area contributed by atoms with Gasteiger partial charge in [-0.3, -0.25) is 0 Å². The molecule has 1 radical (unpaired) electrons. The molecular weight excluding hydrogens is 188 g/mol. The fourth-order valence-corrected chi connectivity index (χ4v) is 1.19. The Bertz CT molecular complexity index is 188. The third kappa shape index (κ3) is 2.14. The summed E-state index contributed by atoms with van der Waals surface area (Å²) < 4.78 is 0. The van der Waals surface area contributed by atoms with Crippen LogP contribution in [-0.4, -0.2) is 0 Å². The second-order valence-corrected chi connectivity index (χ2v) is 2.99. The molecule has 1 heteroatoms. The normalized spacial score (nSPS) is 9.80. The maximum atomic E-state index is 3.28.